The summed E-state index contributed by atoms with van der Waals surface area (Å²) in [6, 6.07) is 1.34. The number of hydrogen-bond acceptors (Lipinski definition) is 0. The lowest BCUT2D eigenvalue weighted by Crippen LogP contribution is -2.23. The first kappa shape index (κ1) is 16.7. The third-order valence-electron chi connectivity index (χ3n) is 3.75. The van der Waals surface area contributed by atoms with Crippen LogP contribution in [0.15, 0.2) is 24.6 Å². The van der Waals surface area contributed by atoms with Crippen molar-refractivity contribution in [3.63, 3.8) is 0 Å². The lowest BCUT2D eigenvalue weighted by Gasteiger charge is -2.17. The Labute approximate surface area is 110 Å². The molecule has 0 aromatic rings. The lowest BCUT2D eigenvalue weighted by molar-refractivity contribution is 0.571. The summed E-state index contributed by atoms with van der Waals surface area (Å²) in [6.07, 6.45) is 12.7. The van der Waals surface area contributed by atoms with Crippen molar-refractivity contribution in [2.24, 2.45) is 0 Å². The van der Waals surface area contributed by atoms with Crippen molar-refractivity contribution < 1.29 is 0 Å². The third-order valence-corrected chi connectivity index (χ3v) is 7.05. The summed E-state index contributed by atoms with van der Waals surface area (Å²) in [6.45, 7) is 12.5. The van der Waals surface area contributed by atoms with E-state index in [9.17, 15) is 0 Å². The number of rotatable bonds is 12. The molecule has 0 amide bonds. The zero-order chi connectivity index (χ0) is 13.0. The van der Waals surface area contributed by atoms with Crippen LogP contribution in [0.1, 0.15) is 64.7 Å². The average molecular weight is 253 g/mol. The fraction of sp³-hybridized carbons (Fsp3) is 0.750. The molecule has 0 radical (unpaired) electrons. The van der Waals surface area contributed by atoms with Crippen molar-refractivity contribution in [3.05, 3.63) is 24.6 Å². The molecule has 1 heteroatoms. The van der Waals surface area contributed by atoms with Crippen molar-refractivity contribution in [1.29, 1.82) is 0 Å². The Morgan fingerprint density at radius 1 is 0.765 bits per heavy atom. The van der Waals surface area contributed by atoms with Gasteiger partial charge in [-0.1, -0.05) is 88.7 Å². The molecule has 0 nitrogen and oxygen atoms in total. The largest absolute Gasteiger partial charge is 0.107 e. The third kappa shape index (κ3) is 9.40. The first-order valence-electron chi connectivity index (χ1n) is 7.45. The molecule has 100 valence electrons. The Morgan fingerprint density at radius 2 is 1.18 bits per heavy atom. The van der Waals surface area contributed by atoms with Crippen LogP contribution in [0, 0.1) is 0 Å². The van der Waals surface area contributed by atoms with Gasteiger partial charge in [0.15, 0.2) is 0 Å². The number of unbranched alkanes of at least 4 members (excludes halogenated alkanes) is 8. The smallest absolute Gasteiger partial charge is 0.0973 e. The Kier molecular flexibility index (Phi) is 10.6. The van der Waals surface area contributed by atoms with Crippen LogP contribution in [0.3, 0.4) is 0 Å². The van der Waals surface area contributed by atoms with Crippen LogP contribution >= 0.6 is 0 Å². The van der Waals surface area contributed by atoms with E-state index in [-0.39, 0.29) is 0 Å². The van der Waals surface area contributed by atoms with Crippen LogP contribution in [-0.2, 0) is 0 Å². The van der Waals surface area contributed by atoms with Crippen molar-refractivity contribution in [2.75, 3.05) is 0 Å². The summed E-state index contributed by atoms with van der Waals surface area (Å²) >= 11 is 0. The SMILES string of the molecule is C=C[Si](C)(C=C)CCCCCCCCCCC. The molecule has 0 saturated heterocycles. The minimum Gasteiger partial charge on any atom is -0.107 e. The molecule has 0 rings (SSSR count). The Bertz CT molecular complexity index is 188. The normalized spacial score (nSPS) is 11.4. The van der Waals surface area contributed by atoms with Gasteiger partial charge in [0, 0.05) is 0 Å². The fourth-order valence-electron chi connectivity index (χ4n) is 2.10. The highest BCUT2D eigenvalue weighted by Crippen LogP contribution is 2.18. The van der Waals surface area contributed by atoms with Gasteiger partial charge < -0.3 is 0 Å². The summed E-state index contributed by atoms with van der Waals surface area (Å²) in [5, 5.41) is 0. The van der Waals surface area contributed by atoms with Gasteiger partial charge in [0.1, 0.15) is 0 Å². The molecule has 0 spiro atoms. The molecule has 0 N–H and O–H groups in total. The Balaban J connectivity index is 3.29. The minimum atomic E-state index is -1.26. The van der Waals surface area contributed by atoms with E-state index < -0.39 is 8.07 Å². The quantitative estimate of drug-likeness (QED) is 0.293. The van der Waals surface area contributed by atoms with E-state index in [0.717, 1.165) is 0 Å². The molecule has 0 saturated carbocycles. The van der Waals surface area contributed by atoms with Crippen LogP contribution in [0.5, 0.6) is 0 Å². The lowest BCUT2D eigenvalue weighted by atomic mass is 10.1. The zero-order valence-corrected chi connectivity index (χ0v) is 13.1. The fourth-order valence-corrected chi connectivity index (χ4v) is 3.69. The molecular weight excluding hydrogens is 220 g/mol. The minimum absolute atomic E-state index is 1.26. The van der Waals surface area contributed by atoms with Gasteiger partial charge in [-0.05, 0) is 0 Å². The highest BCUT2D eigenvalue weighted by Gasteiger charge is 2.17. The Morgan fingerprint density at radius 3 is 1.59 bits per heavy atom. The van der Waals surface area contributed by atoms with Crippen LogP contribution < -0.4 is 0 Å². The molecular formula is C16H32Si. The van der Waals surface area contributed by atoms with Crippen molar-refractivity contribution in [1.82, 2.24) is 0 Å². The Hall–Kier alpha value is -0.303. The van der Waals surface area contributed by atoms with E-state index in [0.29, 0.717) is 0 Å². The zero-order valence-electron chi connectivity index (χ0n) is 12.1. The summed E-state index contributed by atoms with van der Waals surface area (Å²) < 4.78 is 0. The van der Waals surface area contributed by atoms with Crippen LogP contribution in [0.4, 0.5) is 0 Å². The van der Waals surface area contributed by atoms with E-state index >= 15 is 0 Å². The monoisotopic (exact) mass is 252 g/mol. The number of hydrogen-bond donors (Lipinski definition) is 0. The molecule has 0 aliphatic rings. The maximum atomic E-state index is 3.95. The van der Waals surface area contributed by atoms with E-state index in [2.05, 4.69) is 38.0 Å². The molecule has 0 aromatic heterocycles. The highest BCUT2D eigenvalue weighted by molar-refractivity contribution is 6.87. The molecule has 0 aliphatic carbocycles. The van der Waals surface area contributed by atoms with Gasteiger partial charge in [0.2, 0.25) is 0 Å². The van der Waals surface area contributed by atoms with Crippen molar-refractivity contribution in [3.8, 4) is 0 Å². The van der Waals surface area contributed by atoms with Gasteiger partial charge in [-0.3, -0.25) is 0 Å². The molecule has 0 aliphatic heterocycles. The maximum absolute atomic E-state index is 3.95. The van der Waals surface area contributed by atoms with Gasteiger partial charge >= 0.3 is 0 Å². The maximum Gasteiger partial charge on any atom is 0.0973 e. The van der Waals surface area contributed by atoms with Crippen molar-refractivity contribution >= 4 is 8.07 Å². The second-order valence-corrected chi connectivity index (χ2v) is 9.82. The van der Waals surface area contributed by atoms with E-state index in [1.807, 2.05) is 0 Å². The van der Waals surface area contributed by atoms with E-state index in [1.165, 1.54) is 63.8 Å². The van der Waals surface area contributed by atoms with Gasteiger partial charge in [-0.25, -0.2) is 0 Å². The van der Waals surface area contributed by atoms with E-state index in [1.54, 1.807) is 0 Å². The van der Waals surface area contributed by atoms with Gasteiger partial charge in [0.05, 0.1) is 8.07 Å². The molecule has 17 heavy (non-hydrogen) atoms. The second-order valence-electron chi connectivity index (χ2n) is 5.49. The second kappa shape index (κ2) is 10.8. The topological polar surface area (TPSA) is 0 Å². The molecule has 0 bridgehead atoms. The predicted octanol–water partition coefficient (Wildman–Crippen LogP) is 6.05. The van der Waals surface area contributed by atoms with Crippen LogP contribution in [0.2, 0.25) is 12.6 Å². The molecule has 0 fully saturated rings. The highest BCUT2D eigenvalue weighted by atomic mass is 28.3. The molecule has 0 atom stereocenters. The molecule has 0 unspecified atom stereocenters. The first-order valence-corrected chi connectivity index (χ1v) is 10.3. The first-order chi connectivity index (χ1) is 8.18. The summed E-state index contributed by atoms with van der Waals surface area (Å²) in [5.41, 5.74) is 4.34. The summed E-state index contributed by atoms with van der Waals surface area (Å²) in [4.78, 5) is 0. The van der Waals surface area contributed by atoms with Crippen LogP contribution in [0.25, 0.3) is 0 Å². The average Bonchev–Trinajstić information content (AvgIpc) is 2.36. The molecule has 0 heterocycles. The van der Waals surface area contributed by atoms with Gasteiger partial charge in [-0.2, -0.15) is 0 Å². The van der Waals surface area contributed by atoms with Crippen molar-refractivity contribution in [2.45, 2.75) is 77.3 Å². The summed E-state index contributed by atoms with van der Waals surface area (Å²) in [5.74, 6) is 0. The standard InChI is InChI=1S/C16H32Si/c1-5-8-9-10-11-12-13-14-15-16-17(4,6-2)7-3/h6-7H,2-3,5,8-16H2,1,4H3. The van der Waals surface area contributed by atoms with Gasteiger partial charge in [0.25, 0.3) is 0 Å². The van der Waals surface area contributed by atoms with E-state index in [4.69, 9.17) is 0 Å². The van der Waals surface area contributed by atoms with Gasteiger partial charge in [-0.15, -0.1) is 13.2 Å². The molecule has 0 aromatic carbocycles. The predicted molar refractivity (Wildman–Crippen MR) is 84.0 cm³/mol. The summed E-state index contributed by atoms with van der Waals surface area (Å²) in [7, 11) is -1.26. The van der Waals surface area contributed by atoms with Crippen LogP contribution in [-0.4, -0.2) is 8.07 Å².